The Kier molecular flexibility index (Phi) is 14.3. The van der Waals surface area contributed by atoms with Gasteiger partial charge < -0.3 is 55.5 Å². The predicted molar refractivity (Wildman–Crippen MR) is 127 cm³/mol. The van der Waals surface area contributed by atoms with Crippen LogP contribution in [0.2, 0.25) is 0 Å². The highest BCUT2D eigenvalue weighted by Gasteiger charge is 2.32. The number of nitrogens with zero attached hydrogens (tertiary/aromatic N) is 1. The third-order valence-corrected chi connectivity index (χ3v) is 4.67. The van der Waals surface area contributed by atoms with Crippen LogP contribution in [0.25, 0.3) is 0 Å². The molecule has 37 heavy (non-hydrogen) atoms. The van der Waals surface area contributed by atoms with E-state index in [1.54, 1.807) is 0 Å². The second-order valence-corrected chi connectivity index (χ2v) is 7.92. The Morgan fingerprint density at radius 3 is 1.54 bits per heavy atom. The molecular weight excluding hydrogens is 496 g/mol. The molecule has 0 spiro atoms. The molecule has 0 saturated carbocycles. The first-order valence-electron chi connectivity index (χ1n) is 10.9. The molecule has 0 aliphatic carbocycles. The van der Waals surface area contributed by atoms with E-state index in [1.807, 2.05) is 0 Å². The molecular formula is C19H34N10O8. The van der Waals surface area contributed by atoms with Gasteiger partial charge in [0.1, 0.15) is 18.1 Å². The lowest BCUT2D eigenvalue weighted by Gasteiger charge is -2.24. The quantitative estimate of drug-likeness (QED) is 0.0451. The van der Waals surface area contributed by atoms with Gasteiger partial charge in [-0.3, -0.25) is 33.8 Å². The van der Waals surface area contributed by atoms with E-state index in [0.29, 0.717) is 0 Å². The average Bonchev–Trinajstić information content (AvgIpc) is 2.77. The third kappa shape index (κ3) is 14.5. The minimum Gasteiger partial charge on any atom is -0.480 e. The van der Waals surface area contributed by atoms with Gasteiger partial charge in [0.25, 0.3) is 0 Å². The van der Waals surface area contributed by atoms with E-state index >= 15 is 0 Å². The fourth-order valence-corrected chi connectivity index (χ4v) is 2.83. The summed E-state index contributed by atoms with van der Waals surface area (Å²) >= 11 is 0. The minimum absolute atomic E-state index is 0.0828. The number of guanidine groups is 1. The molecule has 4 atom stereocenters. The molecule has 0 saturated heterocycles. The molecule has 208 valence electrons. The SMILES string of the molecule is NC(=O)CCC(N)C(=O)NC(CC(N)=O)C(=O)NC(CC(N)=O)C(=O)NC(CCCN=C(N)N)C(=O)O. The number of nitrogens with two attached hydrogens (primary N) is 6. The molecule has 0 aromatic rings. The van der Waals surface area contributed by atoms with Crippen molar-refractivity contribution in [1.29, 1.82) is 0 Å². The number of carbonyl (C=O) groups excluding carboxylic acids is 6. The Labute approximate surface area is 211 Å². The van der Waals surface area contributed by atoms with Gasteiger partial charge in [0.2, 0.25) is 35.4 Å². The summed E-state index contributed by atoms with van der Waals surface area (Å²) in [4.78, 5) is 86.7. The predicted octanol–water partition coefficient (Wildman–Crippen LogP) is -6.08. The first kappa shape index (κ1) is 32.5. The van der Waals surface area contributed by atoms with Crippen LogP contribution in [0.15, 0.2) is 4.99 Å². The summed E-state index contributed by atoms with van der Waals surface area (Å²) in [7, 11) is 0. The first-order chi connectivity index (χ1) is 17.1. The van der Waals surface area contributed by atoms with Crippen molar-refractivity contribution >= 4 is 47.4 Å². The fraction of sp³-hybridized carbons (Fsp3) is 0.579. The summed E-state index contributed by atoms with van der Waals surface area (Å²) in [5.41, 5.74) is 31.3. The van der Waals surface area contributed by atoms with Gasteiger partial charge in [0.05, 0.1) is 18.9 Å². The van der Waals surface area contributed by atoms with Crippen molar-refractivity contribution in [3.8, 4) is 0 Å². The zero-order chi connectivity index (χ0) is 28.7. The van der Waals surface area contributed by atoms with Gasteiger partial charge in [-0.15, -0.1) is 0 Å². The largest absolute Gasteiger partial charge is 0.480 e. The van der Waals surface area contributed by atoms with E-state index < -0.39 is 78.4 Å². The number of hydrogen-bond donors (Lipinski definition) is 10. The van der Waals surface area contributed by atoms with E-state index in [4.69, 9.17) is 34.4 Å². The van der Waals surface area contributed by atoms with Crippen LogP contribution in [0.1, 0.15) is 38.5 Å². The number of primary amides is 3. The van der Waals surface area contributed by atoms with E-state index in [2.05, 4.69) is 20.9 Å². The smallest absolute Gasteiger partial charge is 0.326 e. The van der Waals surface area contributed by atoms with Crippen LogP contribution in [0.5, 0.6) is 0 Å². The zero-order valence-electron chi connectivity index (χ0n) is 20.0. The van der Waals surface area contributed by atoms with Crippen LogP contribution >= 0.6 is 0 Å². The van der Waals surface area contributed by atoms with E-state index in [1.165, 1.54) is 0 Å². The summed E-state index contributed by atoms with van der Waals surface area (Å²) < 4.78 is 0. The number of hydrogen-bond acceptors (Lipinski definition) is 9. The van der Waals surface area contributed by atoms with Crippen molar-refractivity contribution in [2.24, 2.45) is 39.4 Å². The van der Waals surface area contributed by atoms with Crippen molar-refractivity contribution in [3.63, 3.8) is 0 Å². The molecule has 18 heteroatoms. The summed E-state index contributed by atoms with van der Waals surface area (Å²) in [6.07, 6.45) is -1.76. The summed E-state index contributed by atoms with van der Waals surface area (Å²) in [5, 5.41) is 15.8. The number of aliphatic carboxylic acids is 1. The molecule has 4 unspecified atom stereocenters. The van der Waals surface area contributed by atoms with Crippen molar-refractivity contribution in [2.45, 2.75) is 62.7 Å². The number of nitrogens with one attached hydrogen (secondary N) is 3. The Bertz CT molecular complexity index is 905. The maximum Gasteiger partial charge on any atom is 0.326 e. The van der Waals surface area contributed by atoms with Crippen LogP contribution in [0.4, 0.5) is 0 Å². The van der Waals surface area contributed by atoms with Crippen molar-refractivity contribution in [2.75, 3.05) is 6.54 Å². The Morgan fingerprint density at radius 1 is 0.676 bits per heavy atom. The maximum atomic E-state index is 12.8. The highest BCUT2D eigenvalue weighted by molar-refractivity contribution is 5.97. The van der Waals surface area contributed by atoms with Crippen LogP contribution in [-0.2, 0) is 33.6 Å². The zero-order valence-corrected chi connectivity index (χ0v) is 20.0. The third-order valence-electron chi connectivity index (χ3n) is 4.67. The average molecular weight is 531 g/mol. The second-order valence-electron chi connectivity index (χ2n) is 7.92. The number of carboxylic acids is 1. The molecule has 0 heterocycles. The van der Waals surface area contributed by atoms with Crippen LogP contribution < -0.4 is 50.4 Å². The number of aliphatic imine (C=N–C) groups is 1. The molecule has 0 radical (unpaired) electrons. The van der Waals surface area contributed by atoms with Crippen LogP contribution in [0.3, 0.4) is 0 Å². The van der Waals surface area contributed by atoms with E-state index in [9.17, 15) is 38.7 Å². The molecule has 0 aromatic heterocycles. The van der Waals surface area contributed by atoms with Crippen molar-refractivity contribution < 1.29 is 38.7 Å². The van der Waals surface area contributed by atoms with Gasteiger partial charge in [-0.1, -0.05) is 0 Å². The van der Waals surface area contributed by atoms with Gasteiger partial charge in [-0.2, -0.15) is 0 Å². The Hall–Kier alpha value is -4.48. The van der Waals surface area contributed by atoms with Gasteiger partial charge >= 0.3 is 5.97 Å². The van der Waals surface area contributed by atoms with Gasteiger partial charge in [-0.25, -0.2) is 4.79 Å². The molecule has 6 amide bonds. The topological polar surface area (TPSA) is 344 Å². The maximum absolute atomic E-state index is 12.8. The Morgan fingerprint density at radius 2 is 1.14 bits per heavy atom. The number of amides is 6. The van der Waals surface area contributed by atoms with Crippen molar-refractivity contribution in [3.05, 3.63) is 0 Å². The highest BCUT2D eigenvalue weighted by Crippen LogP contribution is 2.03. The molecule has 0 aromatic carbocycles. The lowest BCUT2D eigenvalue weighted by Crippen LogP contribution is -2.58. The molecule has 0 bridgehead atoms. The number of carboxylic acid groups (broad SMARTS) is 1. The monoisotopic (exact) mass is 530 g/mol. The van der Waals surface area contributed by atoms with Crippen molar-refractivity contribution in [1.82, 2.24) is 16.0 Å². The lowest BCUT2D eigenvalue weighted by molar-refractivity contribution is -0.142. The van der Waals surface area contributed by atoms with E-state index in [0.717, 1.165) is 0 Å². The normalized spacial score (nSPS) is 13.6. The van der Waals surface area contributed by atoms with Crippen LogP contribution in [-0.4, -0.2) is 83.2 Å². The first-order valence-corrected chi connectivity index (χ1v) is 10.9. The molecule has 0 rings (SSSR count). The molecule has 18 nitrogen and oxygen atoms in total. The summed E-state index contributed by atoms with van der Waals surface area (Å²) in [5.74, 6) is -7.48. The number of carbonyl (C=O) groups is 7. The standard InChI is InChI=1S/C19H34N10O8/c20-8(3-4-12(21)30)15(33)28-10(6-13(22)31)17(35)29-11(7-14(23)32)16(34)27-9(18(36)37)2-1-5-26-19(24)25/h8-11H,1-7,20H2,(H2,21,30)(H2,22,31)(H2,23,32)(H,27,34)(H,28,33)(H,29,35)(H,36,37)(H4,24,25,26). The van der Waals surface area contributed by atoms with Gasteiger partial charge in [-0.05, 0) is 19.3 Å². The summed E-state index contributed by atoms with van der Waals surface area (Å²) in [6, 6.07) is -5.99. The second kappa shape index (κ2) is 16.2. The minimum atomic E-state index is -1.67. The molecule has 0 fully saturated rings. The van der Waals surface area contributed by atoms with Gasteiger partial charge in [0.15, 0.2) is 5.96 Å². The van der Waals surface area contributed by atoms with Crippen LogP contribution in [0, 0.1) is 0 Å². The number of rotatable bonds is 18. The molecule has 0 aliphatic heterocycles. The lowest BCUT2D eigenvalue weighted by atomic mass is 10.1. The highest BCUT2D eigenvalue weighted by atomic mass is 16.4. The fourth-order valence-electron chi connectivity index (χ4n) is 2.83. The van der Waals surface area contributed by atoms with E-state index in [-0.39, 0.29) is 38.2 Å². The summed E-state index contributed by atoms with van der Waals surface area (Å²) in [6.45, 7) is 0.0828. The van der Waals surface area contributed by atoms with Gasteiger partial charge in [0, 0.05) is 13.0 Å². The Balaban J connectivity index is 5.49. The molecule has 0 aliphatic rings. The molecule has 16 N–H and O–H groups in total.